The van der Waals surface area contributed by atoms with Crippen molar-refractivity contribution in [3.05, 3.63) is 0 Å². The minimum atomic E-state index is -0.875. The minimum absolute atomic E-state index is 0.253. The van der Waals surface area contributed by atoms with E-state index in [0.29, 0.717) is 0 Å². The predicted molar refractivity (Wildman–Crippen MR) is 107 cm³/mol. The van der Waals surface area contributed by atoms with E-state index in [1.54, 1.807) is 6.92 Å². The molecule has 0 aromatic carbocycles. The number of aliphatic carboxylic acids is 1. The molecular weight excluding hydrogens is 367 g/mol. The van der Waals surface area contributed by atoms with E-state index in [9.17, 15) is 4.79 Å². The maximum Gasteiger partial charge on any atom is 0.307 e. The molecule has 0 heterocycles. The minimum Gasteiger partial charge on any atom is -0.481 e. The Hall–Kier alpha value is 0.340. The van der Waals surface area contributed by atoms with Crippen molar-refractivity contribution >= 4 is 40.8 Å². The molecule has 24 heavy (non-hydrogen) atoms. The molecule has 0 saturated carbocycles. The van der Waals surface area contributed by atoms with Crippen LogP contribution in [-0.4, -0.2) is 27.7 Å². The van der Waals surface area contributed by atoms with E-state index in [2.05, 4.69) is 0 Å². The second-order valence-electron chi connectivity index (χ2n) is 6.81. The first-order chi connectivity index (χ1) is 11.5. The lowest BCUT2D eigenvalue weighted by atomic mass is 10.00. The van der Waals surface area contributed by atoms with Crippen molar-refractivity contribution in [1.82, 2.24) is 0 Å². The van der Waals surface area contributed by atoms with Crippen molar-refractivity contribution in [2.45, 2.75) is 101 Å². The van der Waals surface area contributed by atoms with Crippen LogP contribution < -0.4 is 0 Å². The highest BCUT2D eigenvalue weighted by atomic mass is 35.5. The molecule has 0 aliphatic heterocycles. The average molecular weight is 402 g/mol. The summed E-state index contributed by atoms with van der Waals surface area (Å²) in [6.07, 6.45) is 16.0. The van der Waals surface area contributed by atoms with Gasteiger partial charge in [0.25, 0.3) is 0 Å². The van der Waals surface area contributed by atoms with Crippen LogP contribution >= 0.6 is 34.8 Å². The van der Waals surface area contributed by atoms with Gasteiger partial charge >= 0.3 is 5.97 Å². The lowest BCUT2D eigenvalue weighted by Gasteiger charge is -2.19. The van der Waals surface area contributed by atoms with E-state index in [1.165, 1.54) is 57.8 Å². The van der Waals surface area contributed by atoms with Crippen molar-refractivity contribution in [2.75, 3.05) is 5.88 Å². The van der Waals surface area contributed by atoms with Gasteiger partial charge in [0.05, 0.1) is 16.7 Å². The largest absolute Gasteiger partial charge is 0.481 e. The Bertz CT molecular complexity index is 300. The van der Waals surface area contributed by atoms with Gasteiger partial charge in [-0.25, -0.2) is 0 Å². The van der Waals surface area contributed by atoms with Crippen molar-refractivity contribution in [3.8, 4) is 0 Å². The molecule has 1 N–H and O–H groups in total. The topological polar surface area (TPSA) is 37.3 Å². The molecule has 0 saturated heterocycles. The molecule has 5 heteroatoms. The summed E-state index contributed by atoms with van der Waals surface area (Å²) in [6, 6.07) is 0. The van der Waals surface area contributed by atoms with Crippen molar-refractivity contribution in [1.29, 1.82) is 0 Å². The highest BCUT2D eigenvalue weighted by Crippen LogP contribution is 2.24. The van der Waals surface area contributed by atoms with Gasteiger partial charge < -0.3 is 5.11 Å². The number of alkyl halides is 3. The monoisotopic (exact) mass is 400 g/mol. The Morgan fingerprint density at radius 1 is 0.792 bits per heavy atom. The molecular formula is C19H35Cl3O2. The van der Waals surface area contributed by atoms with Gasteiger partial charge in [-0.2, -0.15) is 0 Å². The maximum absolute atomic E-state index is 10.9. The Balaban J connectivity index is 3.34. The Kier molecular flexibility index (Phi) is 17.0. The second kappa shape index (κ2) is 16.8. The van der Waals surface area contributed by atoms with Crippen molar-refractivity contribution < 1.29 is 9.90 Å². The van der Waals surface area contributed by atoms with Crippen molar-refractivity contribution in [2.24, 2.45) is 5.92 Å². The summed E-state index contributed by atoms with van der Waals surface area (Å²) in [7, 11) is 0. The fourth-order valence-corrected chi connectivity index (χ4v) is 3.61. The van der Waals surface area contributed by atoms with Gasteiger partial charge in [0.15, 0.2) is 0 Å². The quantitative estimate of drug-likeness (QED) is 0.206. The van der Waals surface area contributed by atoms with E-state index >= 15 is 0 Å². The van der Waals surface area contributed by atoms with Crippen LogP contribution in [0.15, 0.2) is 0 Å². The highest BCUT2D eigenvalue weighted by molar-refractivity contribution is 6.30. The first kappa shape index (κ1) is 24.3. The summed E-state index contributed by atoms with van der Waals surface area (Å²) in [5, 5.41) is 8.19. The Morgan fingerprint density at radius 2 is 1.17 bits per heavy atom. The maximum atomic E-state index is 10.9. The predicted octanol–water partition coefficient (Wildman–Crippen LogP) is 7.23. The third-order valence-corrected chi connectivity index (χ3v) is 6.14. The molecule has 0 aromatic rings. The first-order valence-electron chi connectivity index (χ1n) is 9.57. The summed E-state index contributed by atoms with van der Waals surface area (Å²) in [5.74, 6) is -0.669. The summed E-state index contributed by atoms with van der Waals surface area (Å²) in [5.41, 5.74) is 0. The van der Waals surface area contributed by atoms with Crippen molar-refractivity contribution in [3.63, 3.8) is 0 Å². The number of hydrogen-bond acceptors (Lipinski definition) is 1. The van der Waals surface area contributed by atoms with Crippen LogP contribution in [0.5, 0.6) is 0 Å². The first-order valence-corrected chi connectivity index (χ1v) is 11.0. The van der Waals surface area contributed by atoms with Gasteiger partial charge in [-0.3, -0.25) is 4.79 Å². The number of rotatable bonds is 17. The van der Waals surface area contributed by atoms with Gasteiger partial charge in [-0.05, 0) is 12.8 Å². The third-order valence-electron chi connectivity index (χ3n) is 4.58. The fraction of sp³-hybridized carbons (Fsp3) is 0.947. The molecule has 3 atom stereocenters. The molecule has 0 rings (SSSR count). The van der Waals surface area contributed by atoms with E-state index in [1.807, 2.05) is 0 Å². The molecule has 0 fully saturated rings. The summed E-state index contributed by atoms with van der Waals surface area (Å²) >= 11 is 18.0. The van der Waals surface area contributed by atoms with Gasteiger partial charge in [0.2, 0.25) is 0 Å². The van der Waals surface area contributed by atoms with Crippen LogP contribution in [0, 0.1) is 5.92 Å². The molecule has 0 aliphatic rings. The number of carboxylic acids is 1. The lowest BCUT2D eigenvalue weighted by Crippen LogP contribution is -2.28. The molecule has 0 aliphatic carbocycles. The molecule has 3 unspecified atom stereocenters. The molecule has 0 radical (unpaired) electrons. The summed E-state index contributed by atoms with van der Waals surface area (Å²) < 4.78 is 0. The standard InChI is InChI=1S/C19H35Cl3O2/c1-16(19(23)24)18(22)17(21)14-12-10-8-6-4-2-3-5-7-9-11-13-15-20/h16-18H,2-15H2,1H3,(H,23,24). The zero-order valence-electron chi connectivity index (χ0n) is 15.1. The van der Waals surface area contributed by atoms with Crippen LogP contribution in [0.25, 0.3) is 0 Å². The number of carboxylic acid groups (broad SMARTS) is 1. The Morgan fingerprint density at radius 3 is 1.54 bits per heavy atom. The fourth-order valence-electron chi connectivity index (χ4n) is 2.81. The van der Waals surface area contributed by atoms with E-state index in [-0.39, 0.29) is 5.38 Å². The molecule has 0 spiro atoms. The van der Waals surface area contributed by atoms with E-state index in [4.69, 9.17) is 39.9 Å². The Labute approximate surface area is 163 Å². The third kappa shape index (κ3) is 13.6. The smallest absolute Gasteiger partial charge is 0.307 e. The highest BCUT2D eigenvalue weighted by Gasteiger charge is 2.27. The van der Waals surface area contributed by atoms with Crippen LogP contribution in [-0.2, 0) is 4.79 Å². The number of carbonyl (C=O) groups is 1. The number of unbranched alkanes of at least 4 members (excludes halogenated alkanes) is 11. The van der Waals surface area contributed by atoms with Crippen LogP contribution in [0.4, 0.5) is 0 Å². The number of halogens is 3. The lowest BCUT2D eigenvalue weighted by molar-refractivity contribution is -0.141. The van der Waals surface area contributed by atoms with E-state index in [0.717, 1.165) is 31.6 Å². The van der Waals surface area contributed by atoms with Crippen LogP contribution in [0.3, 0.4) is 0 Å². The zero-order chi connectivity index (χ0) is 18.2. The molecule has 0 amide bonds. The van der Waals surface area contributed by atoms with Crippen LogP contribution in [0.1, 0.15) is 90.4 Å². The molecule has 0 aromatic heterocycles. The average Bonchev–Trinajstić information content (AvgIpc) is 2.57. The van der Waals surface area contributed by atoms with Gasteiger partial charge in [-0.15, -0.1) is 34.8 Å². The number of hydrogen-bond donors (Lipinski definition) is 1. The SMILES string of the molecule is CC(C(=O)O)C(Cl)C(Cl)CCCCCCCCCCCCCCCl. The molecule has 2 nitrogen and oxygen atoms in total. The van der Waals surface area contributed by atoms with Crippen LogP contribution in [0.2, 0.25) is 0 Å². The zero-order valence-corrected chi connectivity index (χ0v) is 17.4. The van der Waals surface area contributed by atoms with E-state index < -0.39 is 17.3 Å². The summed E-state index contributed by atoms with van der Waals surface area (Å²) in [4.78, 5) is 10.9. The van der Waals surface area contributed by atoms with Gasteiger partial charge in [-0.1, -0.05) is 77.6 Å². The van der Waals surface area contributed by atoms with Gasteiger partial charge in [0.1, 0.15) is 0 Å². The second-order valence-corrected chi connectivity index (χ2v) is 8.25. The molecule has 0 bridgehead atoms. The van der Waals surface area contributed by atoms with Gasteiger partial charge in [0, 0.05) is 5.88 Å². The molecule has 144 valence electrons. The normalized spacial score (nSPS) is 15.2. The summed E-state index contributed by atoms with van der Waals surface area (Å²) in [6.45, 7) is 1.62.